The molecule has 49 heavy (non-hydrogen) atoms. The summed E-state index contributed by atoms with van der Waals surface area (Å²) in [6.07, 6.45) is 6.01. The summed E-state index contributed by atoms with van der Waals surface area (Å²) in [6, 6.07) is 15.9. The number of rotatable bonds is 8. The number of Topliss-reactive ketones (excluding diaryl/α,β-unsaturated/α-hetero) is 1. The Morgan fingerprint density at radius 3 is 2.31 bits per heavy atom. The van der Waals surface area contributed by atoms with Crippen LogP contribution in [-0.2, 0) is 20.7 Å². The van der Waals surface area contributed by atoms with Crippen LogP contribution in [0.2, 0.25) is 5.02 Å². The number of allylic oxidation sites excluding steroid dienone is 2. The maximum atomic E-state index is 13.6. The molecule has 1 aromatic heterocycles. The quantitative estimate of drug-likeness (QED) is 0.0456. The minimum absolute atomic E-state index is 0.0183. The first-order chi connectivity index (χ1) is 23.5. The number of aryl methyl sites for hydroxylation is 1. The van der Waals surface area contributed by atoms with Gasteiger partial charge >= 0.3 is 5.97 Å². The minimum Gasteiger partial charge on any atom is -0.454 e. The average molecular weight is 741 g/mol. The smallest absolute Gasteiger partial charge is 0.339 e. The molecule has 6 atom stereocenters. The third-order valence-electron chi connectivity index (χ3n) is 10.4. The molecule has 0 spiro atoms. The number of carbonyl (C=O) groups is 4. The molecule has 0 radical (unpaired) electrons. The predicted molar refractivity (Wildman–Crippen MR) is 184 cm³/mol. The fourth-order valence-corrected chi connectivity index (χ4v) is 8.75. The molecule has 246 valence electrons. The van der Waals surface area contributed by atoms with Gasteiger partial charge in [-0.3, -0.25) is 29.4 Å². The van der Waals surface area contributed by atoms with Gasteiger partial charge in [-0.25, -0.2) is 9.78 Å². The molecule has 4 aromatic rings. The van der Waals surface area contributed by atoms with Crippen molar-refractivity contribution in [1.82, 2.24) is 4.98 Å². The molecule has 6 unspecified atom stereocenters. The molecule has 12 heteroatoms. The summed E-state index contributed by atoms with van der Waals surface area (Å²) >= 11 is 9.39. The molecule has 1 aliphatic heterocycles. The van der Waals surface area contributed by atoms with E-state index >= 15 is 0 Å². The van der Waals surface area contributed by atoms with Crippen molar-refractivity contribution < 1.29 is 28.8 Å². The Bertz CT molecular complexity index is 2150. The van der Waals surface area contributed by atoms with Gasteiger partial charge < -0.3 is 4.74 Å². The van der Waals surface area contributed by atoms with Crippen LogP contribution >= 0.6 is 27.5 Å². The Labute approximate surface area is 293 Å². The summed E-state index contributed by atoms with van der Waals surface area (Å²) in [5.74, 6) is -0.984. The Hall–Kier alpha value is -4.74. The number of imide groups is 1. The van der Waals surface area contributed by atoms with Crippen molar-refractivity contribution in [3.8, 4) is 11.3 Å². The fourth-order valence-electron chi connectivity index (χ4n) is 8.06. The van der Waals surface area contributed by atoms with Gasteiger partial charge in [-0.15, -0.1) is 0 Å². The van der Waals surface area contributed by atoms with Crippen LogP contribution in [0.5, 0.6) is 0 Å². The number of ether oxygens (including phenoxy) is 1. The highest BCUT2D eigenvalue weighted by Gasteiger charge is 2.67. The number of fused-ring (bicyclic) bond motifs is 1. The van der Waals surface area contributed by atoms with Crippen molar-refractivity contribution in [2.45, 2.75) is 19.8 Å². The van der Waals surface area contributed by atoms with Gasteiger partial charge in [0.1, 0.15) is 5.02 Å². The summed E-state index contributed by atoms with van der Waals surface area (Å²) in [7, 11) is 0. The third-order valence-corrected chi connectivity index (χ3v) is 11.2. The molecule has 10 nitrogen and oxygen atoms in total. The number of carbonyl (C=O) groups excluding carboxylic acids is 4. The van der Waals surface area contributed by atoms with Crippen LogP contribution in [0.1, 0.15) is 39.6 Å². The molecule has 2 heterocycles. The zero-order chi connectivity index (χ0) is 34.3. The van der Waals surface area contributed by atoms with E-state index in [9.17, 15) is 29.3 Å². The van der Waals surface area contributed by atoms with Crippen LogP contribution in [0.15, 0.2) is 77.3 Å². The number of nitro benzene ring substituents is 1. The number of nitrogens with zero attached hydrogens (tertiary/aromatic N) is 3. The highest BCUT2D eigenvalue weighted by atomic mass is 79.9. The second-order valence-corrected chi connectivity index (χ2v) is 14.3. The number of benzene rings is 3. The van der Waals surface area contributed by atoms with E-state index in [0.717, 1.165) is 22.5 Å². The molecule has 0 N–H and O–H groups in total. The van der Waals surface area contributed by atoms with Gasteiger partial charge in [-0.2, -0.15) is 0 Å². The zero-order valence-electron chi connectivity index (χ0n) is 26.0. The maximum Gasteiger partial charge on any atom is 0.339 e. The lowest BCUT2D eigenvalue weighted by Crippen LogP contribution is -2.40. The van der Waals surface area contributed by atoms with Crippen molar-refractivity contribution in [3.63, 3.8) is 0 Å². The van der Waals surface area contributed by atoms with Crippen LogP contribution in [0.3, 0.4) is 0 Å². The topological polar surface area (TPSA) is 137 Å². The van der Waals surface area contributed by atoms with Crippen molar-refractivity contribution >= 4 is 73.4 Å². The Morgan fingerprint density at radius 1 is 1.00 bits per heavy atom. The van der Waals surface area contributed by atoms with Gasteiger partial charge in [0.25, 0.3) is 5.69 Å². The van der Waals surface area contributed by atoms with Gasteiger partial charge in [-0.05, 0) is 84.5 Å². The largest absolute Gasteiger partial charge is 0.454 e. The van der Waals surface area contributed by atoms with E-state index in [1.807, 2.05) is 13.0 Å². The number of esters is 1. The van der Waals surface area contributed by atoms with Crippen LogP contribution in [0.25, 0.3) is 22.2 Å². The molecule has 2 amide bonds. The second-order valence-electron chi connectivity index (χ2n) is 13.0. The van der Waals surface area contributed by atoms with E-state index in [-0.39, 0.29) is 51.6 Å². The lowest BCUT2D eigenvalue weighted by Gasteiger charge is -2.37. The number of pyridine rings is 1. The predicted octanol–water partition coefficient (Wildman–Crippen LogP) is 7.39. The van der Waals surface area contributed by atoms with E-state index in [1.54, 1.807) is 36.4 Å². The van der Waals surface area contributed by atoms with Gasteiger partial charge in [-0.1, -0.05) is 58.7 Å². The number of aromatic nitrogens is 1. The van der Waals surface area contributed by atoms with E-state index in [2.05, 4.69) is 28.1 Å². The van der Waals surface area contributed by atoms with Gasteiger partial charge in [0.15, 0.2) is 6.61 Å². The molecular weight excluding hydrogens is 714 g/mol. The number of amides is 2. The van der Waals surface area contributed by atoms with Gasteiger partial charge in [0.05, 0.1) is 39.2 Å². The molecule has 2 saturated carbocycles. The third kappa shape index (κ3) is 5.09. The molecule has 3 fully saturated rings. The van der Waals surface area contributed by atoms with E-state index in [1.165, 1.54) is 17.0 Å². The summed E-state index contributed by atoms with van der Waals surface area (Å²) < 4.78 is 6.19. The molecular formula is C37H27BrClN3O7. The number of ketones is 1. The average Bonchev–Trinajstić information content (AvgIpc) is 3.88. The SMILES string of the molecule is CCc1cc(Br)cc2c(C(=O)OCC(=O)c3ccc(Cl)c([N+](=O)[O-])c3)cc(-c3ccc(N4C(=O)C5C6C=CC(C7CC67)C5C4=O)cc3)nc12. The minimum atomic E-state index is -0.778. The Balaban J connectivity index is 1.09. The Kier molecular flexibility index (Phi) is 7.53. The van der Waals surface area contributed by atoms with Crippen molar-refractivity contribution in [3.05, 3.63) is 109 Å². The summed E-state index contributed by atoms with van der Waals surface area (Å²) in [6.45, 7) is 1.32. The van der Waals surface area contributed by atoms with E-state index in [0.29, 0.717) is 46.1 Å². The number of hydrogen-bond donors (Lipinski definition) is 0. The zero-order valence-corrected chi connectivity index (χ0v) is 28.3. The fraction of sp³-hybridized carbons (Fsp3) is 0.270. The molecule has 1 saturated heterocycles. The van der Waals surface area contributed by atoms with E-state index < -0.39 is 29.0 Å². The van der Waals surface area contributed by atoms with Crippen LogP contribution in [-0.4, -0.2) is 40.1 Å². The first kappa shape index (κ1) is 31.5. The van der Waals surface area contributed by atoms with Crippen molar-refractivity contribution in [2.24, 2.45) is 35.5 Å². The number of halogens is 2. The van der Waals surface area contributed by atoms with Crippen molar-refractivity contribution in [2.75, 3.05) is 11.5 Å². The second kappa shape index (κ2) is 11.7. The summed E-state index contributed by atoms with van der Waals surface area (Å²) in [4.78, 5) is 70.6. The van der Waals surface area contributed by atoms with Crippen molar-refractivity contribution in [1.29, 1.82) is 0 Å². The first-order valence-corrected chi connectivity index (χ1v) is 17.2. The number of nitro groups is 1. The summed E-state index contributed by atoms with van der Waals surface area (Å²) in [5.41, 5.74) is 2.78. The highest BCUT2D eigenvalue weighted by molar-refractivity contribution is 9.10. The molecule has 4 aliphatic carbocycles. The molecule has 5 aliphatic rings. The maximum absolute atomic E-state index is 13.6. The van der Waals surface area contributed by atoms with E-state index in [4.69, 9.17) is 21.3 Å². The number of anilines is 1. The summed E-state index contributed by atoms with van der Waals surface area (Å²) in [5, 5.41) is 11.7. The first-order valence-electron chi connectivity index (χ1n) is 16.0. The highest BCUT2D eigenvalue weighted by Crippen LogP contribution is 2.65. The normalized spacial score (nSPS) is 24.6. The standard InChI is InChI=1S/C37H27BrClN3O7/c1-2-17-11-20(38)13-26-27(37(46)49-16-31(43)19-5-10-28(39)30(12-19)42(47)48)15-29(40-34(17)26)18-3-6-21(7-4-18)41-35(44)32-22-8-9-23(25-14-24(22)25)33(32)36(41)45/h3-13,15,22-25,32-33H,2,14,16H2,1H3. The van der Waals surface area contributed by atoms with Gasteiger partial charge in [0.2, 0.25) is 17.6 Å². The monoisotopic (exact) mass is 739 g/mol. The number of hydrogen-bond acceptors (Lipinski definition) is 8. The lowest BCUT2D eigenvalue weighted by molar-refractivity contribution is -0.384. The molecule has 2 bridgehead atoms. The molecule has 9 rings (SSSR count). The van der Waals surface area contributed by atoms with Gasteiger partial charge in [0, 0.05) is 27.1 Å². The lowest BCUT2D eigenvalue weighted by atomic mass is 9.63. The van der Waals surface area contributed by atoms with Crippen LogP contribution in [0, 0.1) is 45.6 Å². The Morgan fingerprint density at radius 2 is 1.67 bits per heavy atom. The molecule has 3 aromatic carbocycles. The van der Waals surface area contributed by atoms with Crippen LogP contribution in [0.4, 0.5) is 11.4 Å². The van der Waals surface area contributed by atoms with Crippen LogP contribution < -0.4 is 4.90 Å².